The molecule has 176 valence electrons. The Morgan fingerprint density at radius 3 is 2.68 bits per heavy atom. The SMILES string of the molecule is CCOC(=O)c1ccc(NC(=O)CSc2nnc(-c3c[nH]c4ccccc34)n2CCOC)cc1. The molecular weight excluding hydrogens is 454 g/mol. The molecule has 10 heteroatoms. The van der Waals surface area contributed by atoms with Crippen molar-refractivity contribution >= 4 is 40.2 Å². The third-order valence-corrected chi connectivity index (χ3v) is 6.04. The Hall–Kier alpha value is -3.63. The number of benzene rings is 2. The molecule has 34 heavy (non-hydrogen) atoms. The molecule has 0 fully saturated rings. The molecule has 0 radical (unpaired) electrons. The van der Waals surface area contributed by atoms with E-state index in [1.54, 1.807) is 38.3 Å². The normalized spacial score (nSPS) is 11.0. The van der Waals surface area contributed by atoms with Crippen LogP contribution in [0.4, 0.5) is 5.69 Å². The lowest BCUT2D eigenvalue weighted by atomic mass is 10.1. The first-order valence-electron chi connectivity index (χ1n) is 10.8. The summed E-state index contributed by atoms with van der Waals surface area (Å²) in [5.74, 6) is 0.284. The van der Waals surface area contributed by atoms with Crippen LogP contribution < -0.4 is 5.32 Å². The van der Waals surface area contributed by atoms with Gasteiger partial charge >= 0.3 is 5.97 Å². The molecule has 0 atom stereocenters. The van der Waals surface area contributed by atoms with E-state index in [1.165, 1.54) is 11.8 Å². The van der Waals surface area contributed by atoms with Crippen molar-refractivity contribution < 1.29 is 19.1 Å². The minimum atomic E-state index is -0.391. The number of amides is 1. The third kappa shape index (κ3) is 5.29. The number of fused-ring (bicyclic) bond motifs is 1. The number of nitrogens with one attached hydrogen (secondary N) is 2. The summed E-state index contributed by atoms with van der Waals surface area (Å²) in [7, 11) is 1.64. The zero-order chi connectivity index (χ0) is 23.9. The fraction of sp³-hybridized carbons (Fsp3) is 0.250. The summed E-state index contributed by atoms with van der Waals surface area (Å²) in [6.45, 7) is 3.10. The van der Waals surface area contributed by atoms with Gasteiger partial charge in [-0.1, -0.05) is 30.0 Å². The summed E-state index contributed by atoms with van der Waals surface area (Å²) in [5.41, 5.74) is 2.99. The van der Waals surface area contributed by atoms with Crippen molar-refractivity contribution in [1.82, 2.24) is 19.7 Å². The van der Waals surface area contributed by atoms with Crippen LogP contribution in [0.15, 0.2) is 59.9 Å². The van der Waals surface area contributed by atoms with Gasteiger partial charge in [-0.15, -0.1) is 10.2 Å². The number of nitrogens with zero attached hydrogens (tertiary/aromatic N) is 3. The van der Waals surface area contributed by atoms with Crippen molar-refractivity contribution in [1.29, 1.82) is 0 Å². The summed E-state index contributed by atoms with van der Waals surface area (Å²) in [6.07, 6.45) is 1.92. The van der Waals surface area contributed by atoms with E-state index in [4.69, 9.17) is 9.47 Å². The maximum atomic E-state index is 12.5. The Morgan fingerprint density at radius 1 is 1.12 bits per heavy atom. The molecule has 4 rings (SSSR count). The van der Waals surface area contributed by atoms with Gasteiger partial charge in [0.05, 0.1) is 31.1 Å². The zero-order valence-corrected chi connectivity index (χ0v) is 19.7. The lowest BCUT2D eigenvalue weighted by molar-refractivity contribution is -0.113. The number of hydrogen-bond donors (Lipinski definition) is 2. The van der Waals surface area contributed by atoms with Crippen LogP contribution in [0.25, 0.3) is 22.3 Å². The van der Waals surface area contributed by atoms with Gasteiger partial charge in [-0.3, -0.25) is 9.36 Å². The second-order valence-corrected chi connectivity index (χ2v) is 8.28. The number of para-hydroxylation sites is 1. The number of H-pyrrole nitrogens is 1. The lowest BCUT2D eigenvalue weighted by Gasteiger charge is -2.10. The Kier molecular flexibility index (Phi) is 7.61. The highest BCUT2D eigenvalue weighted by Gasteiger charge is 2.18. The molecule has 0 aliphatic heterocycles. The number of carbonyl (C=O) groups is 2. The number of hydrogen-bond acceptors (Lipinski definition) is 7. The quantitative estimate of drug-likeness (QED) is 0.261. The molecule has 2 heterocycles. The summed E-state index contributed by atoms with van der Waals surface area (Å²) in [6, 6.07) is 14.6. The molecule has 2 aromatic heterocycles. The first-order valence-corrected chi connectivity index (χ1v) is 11.8. The molecule has 0 spiro atoms. The molecule has 0 unspecified atom stereocenters. The molecule has 0 aliphatic rings. The number of thioether (sulfide) groups is 1. The van der Waals surface area contributed by atoms with Crippen molar-refractivity contribution in [3.8, 4) is 11.4 Å². The molecular formula is C24H25N5O4S. The Balaban J connectivity index is 1.45. The van der Waals surface area contributed by atoms with E-state index in [1.807, 2.05) is 35.0 Å². The highest BCUT2D eigenvalue weighted by atomic mass is 32.2. The topological polar surface area (TPSA) is 111 Å². The summed E-state index contributed by atoms with van der Waals surface area (Å²) in [5, 5.41) is 13.3. The molecule has 2 aromatic carbocycles. The van der Waals surface area contributed by atoms with E-state index < -0.39 is 5.97 Å². The molecule has 2 N–H and O–H groups in total. The van der Waals surface area contributed by atoms with Gasteiger partial charge in [0.2, 0.25) is 5.91 Å². The second-order valence-electron chi connectivity index (χ2n) is 7.33. The number of aromatic nitrogens is 4. The van der Waals surface area contributed by atoms with Crippen LogP contribution >= 0.6 is 11.8 Å². The number of carbonyl (C=O) groups excluding carboxylic acids is 2. The Bertz CT molecular complexity index is 1280. The van der Waals surface area contributed by atoms with Crippen molar-refractivity contribution in [3.05, 3.63) is 60.3 Å². The van der Waals surface area contributed by atoms with E-state index >= 15 is 0 Å². The molecule has 0 saturated carbocycles. The predicted octanol–water partition coefficient (Wildman–Crippen LogP) is 3.98. The zero-order valence-electron chi connectivity index (χ0n) is 18.9. The van der Waals surface area contributed by atoms with Crippen LogP contribution in [-0.2, 0) is 20.8 Å². The van der Waals surface area contributed by atoms with E-state index in [0.29, 0.717) is 42.0 Å². The van der Waals surface area contributed by atoms with Crippen LogP contribution in [0.1, 0.15) is 17.3 Å². The van der Waals surface area contributed by atoms with Crippen molar-refractivity contribution in [2.24, 2.45) is 0 Å². The number of aromatic amines is 1. The molecule has 9 nitrogen and oxygen atoms in total. The van der Waals surface area contributed by atoms with Gasteiger partial charge in [0.1, 0.15) is 0 Å². The summed E-state index contributed by atoms with van der Waals surface area (Å²) < 4.78 is 12.2. The van der Waals surface area contributed by atoms with Gasteiger partial charge in [0.15, 0.2) is 11.0 Å². The van der Waals surface area contributed by atoms with Crippen LogP contribution in [0.3, 0.4) is 0 Å². The average molecular weight is 480 g/mol. The van der Waals surface area contributed by atoms with Gasteiger partial charge in [-0.25, -0.2) is 4.79 Å². The molecule has 0 saturated heterocycles. The molecule has 0 bridgehead atoms. The number of esters is 1. The maximum Gasteiger partial charge on any atom is 0.338 e. The minimum Gasteiger partial charge on any atom is -0.462 e. The van der Waals surface area contributed by atoms with Gasteiger partial charge in [-0.05, 0) is 37.3 Å². The first-order chi connectivity index (χ1) is 16.6. The summed E-state index contributed by atoms with van der Waals surface area (Å²) in [4.78, 5) is 27.6. The van der Waals surface area contributed by atoms with Crippen LogP contribution in [0.2, 0.25) is 0 Å². The number of rotatable bonds is 10. The maximum absolute atomic E-state index is 12.5. The molecule has 0 aliphatic carbocycles. The van der Waals surface area contributed by atoms with E-state index in [9.17, 15) is 9.59 Å². The fourth-order valence-corrected chi connectivity index (χ4v) is 4.23. The second kappa shape index (κ2) is 11.0. The average Bonchev–Trinajstić information content (AvgIpc) is 3.45. The molecule has 4 aromatic rings. The van der Waals surface area contributed by atoms with Gasteiger partial charge in [0, 0.05) is 35.5 Å². The predicted molar refractivity (Wildman–Crippen MR) is 131 cm³/mol. The van der Waals surface area contributed by atoms with Crippen molar-refractivity contribution in [3.63, 3.8) is 0 Å². The Labute approximate surface area is 200 Å². The van der Waals surface area contributed by atoms with Crippen molar-refractivity contribution in [2.45, 2.75) is 18.6 Å². The largest absolute Gasteiger partial charge is 0.462 e. The summed E-state index contributed by atoms with van der Waals surface area (Å²) >= 11 is 1.30. The minimum absolute atomic E-state index is 0.151. The number of methoxy groups -OCH3 is 1. The highest BCUT2D eigenvalue weighted by molar-refractivity contribution is 7.99. The Morgan fingerprint density at radius 2 is 1.91 bits per heavy atom. The standard InChI is InChI=1S/C24H25N5O4S/c1-3-33-23(31)16-8-10-17(11-9-16)26-21(30)15-34-24-28-27-22(29(24)12-13-32-2)19-14-25-20-7-5-4-6-18(19)20/h4-11,14,25H,3,12-13,15H2,1-2H3,(H,26,30). The van der Waals surface area contributed by atoms with E-state index in [2.05, 4.69) is 20.5 Å². The van der Waals surface area contributed by atoms with Gasteiger partial charge in [0.25, 0.3) is 0 Å². The van der Waals surface area contributed by atoms with Crippen LogP contribution in [0, 0.1) is 0 Å². The molecule has 1 amide bonds. The van der Waals surface area contributed by atoms with E-state index in [0.717, 1.165) is 16.5 Å². The first kappa shape index (κ1) is 23.5. The van der Waals surface area contributed by atoms with Crippen LogP contribution in [-0.4, -0.2) is 57.7 Å². The van der Waals surface area contributed by atoms with Gasteiger partial charge < -0.3 is 19.8 Å². The number of anilines is 1. The third-order valence-electron chi connectivity index (χ3n) is 5.08. The fourth-order valence-electron chi connectivity index (χ4n) is 3.47. The smallest absolute Gasteiger partial charge is 0.338 e. The number of ether oxygens (including phenoxy) is 2. The monoisotopic (exact) mass is 479 g/mol. The lowest BCUT2D eigenvalue weighted by Crippen LogP contribution is -2.15. The van der Waals surface area contributed by atoms with Gasteiger partial charge in [-0.2, -0.15) is 0 Å². The van der Waals surface area contributed by atoms with E-state index in [-0.39, 0.29) is 11.7 Å². The van der Waals surface area contributed by atoms with Crippen LogP contribution in [0.5, 0.6) is 0 Å². The van der Waals surface area contributed by atoms with Crippen molar-refractivity contribution in [2.75, 3.05) is 31.4 Å². The highest BCUT2D eigenvalue weighted by Crippen LogP contribution is 2.30.